The first-order valence-corrected chi connectivity index (χ1v) is 6.34. The van der Waals surface area contributed by atoms with Gasteiger partial charge in [-0.1, -0.05) is 6.42 Å². The molecule has 0 aromatic rings. The summed E-state index contributed by atoms with van der Waals surface area (Å²) in [6.07, 6.45) is 4.95. The predicted molar refractivity (Wildman–Crippen MR) is 61.9 cm³/mol. The zero-order valence-corrected chi connectivity index (χ0v) is 9.84. The van der Waals surface area contributed by atoms with Gasteiger partial charge in [0, 0.05) is 19.0 Å². The third-order valence-electron chi connectivity index (χ3n) is 4.01. The third-order valence-corrected chi connectivity index (χ3v) is 4.01. The number of likely N-dealkylation sites (tertiary alicyclic amines) is 1. The van der Waals surface area contributed by atoms with Crippen molar-refractivity contribution in [3.8, 4) is 0 Å². The molecule has 2 unspecified atom stereocenters. The molecule has 0 aromatic heterocycles. The monoisotopic (exact) mass is 212 g/mol. The highest BCUT2D eigenvalue weighted by Gasteiger charge is 2.35. The van der Waals surface area contributed by atoms with Gasteiger partial charge in [0.25, 0.3) is 0 Å². The van der Waals surface area contributed by atoms with E-state index in [9.17, 15) is 5.11 Å². The minimum Gasteiger partial charge on any atom is -0.390 e. The number of hydrogen-bond acceptors (Lipinski definition) is 3. The van der Waals surface area contributed by atoms with Crippen molar-refractivity contribution in [1.82, 2.24) is 10.2 Å². The molecule has 0 radical (unpaired) electrons. The highest BCUT2D eigenvalue weighted by molar-refractivity contribution is 4.90. The minimum absolute atomic E-state index is 0.407. The molecule has 0 bridgehead atoms. The molecular weight excluding hydrogens is 188 g/mol. The molecule has 2 aliphatic heterocycles. The Bertz CT molecular complexity index is 200. The van der Waals surface area contributed by atoms with Crippen LogP contribution >= 0.6 is 0 Å². The molecule has 0 amide bonds. The Kier molecular flexibility index (Phi) is 3.65. The quantitative estimate of drug-likeness (QED) is 0.712. The van der Waals surface area contributed by atoms with Crippen LogP contribution < -0.4 is 5.32 Å². The van der Waals surface area contributed by atoms with Crippen LogP contribution in [0.5, 0.6) is 0 Å². The van der Waals surface area contributed by atoms with Crippen LogP contribution in [0.1, 0.15) is 32.6 Å². The van der Waals surface area contributed by atoms with Crippen molar-refractivity contribution in [2.45, 2.75) is 38.2 Å². The van der Waals surface area contributed by atoms with E-state index in [1.54, 1.807) is 0 Å². The molecule has 0 saturated carbocycles. The summed E-state index contributed by atoms with van der Waals surface area (Å²) in [6.45, 7) is 7.47. The molecule has 3 nitrogen and oxygen atoms in total. The summed E-state index contributed by atoms with van der Waals surface area (Å²) < 4.78 is 0. The van der Waals surface area contributed by atoms with Crippen LogP contribution in [-0.2, 0) is 0 Å². The van der Waals surface area contributed by atoms with Gasteiger partial charge in [0.1, 0.15) is 0 Å². The molecule has 2 saturated heterocycles. The molecule has 2 heterocycles. The molecule has 2 rings (SSSR count). The van der Waals surface area contributed by atoms with Crippen LogP contribution in [0, 0.1) is 5.92 Å². The number of aliphatic hydroxyl groups is 1. The summed E-state index contributed by atoms with van der Waals surface area (Å²) in [7, 11) is 0. The Morgan fingerprint density at radius 3 is 2.73 bits per heavy atom. The summed E-state index contributed by atoms with van der Waals surface area (Å²) >= 11 is 0. The fourth-order valence-corrected chi connectivity index (χ4v) is 2.76. The first-order valence-electron chi connectivity index (χ1n) is 6.34. The molecule has 2 N–H and O–H groups in total. The van der Waals surface area contributed by atoms with E-state index in [0.29, 0.717) is 5.92 Å². The van der Waals surface area contributed by atoms with Gasteiger partial charge in [0.05, 0.1) is 5.60 Å². The lowest BCUT2D eigenvalue weighted by Gasteiger charge is -2.41. The van der Waals surface area contributed by atoms with E-state index in [1.807, 2.05) is 6.92 Å². The van der Waals surface area contributed by atoms with Crippen molar-refractivity contribution in [3.63, 3.8) is 0 Å². The number of nitrogens with one attached hydrogen (secondary N) is 1. The van der Waals surface area contributed by atoms with Crippen LogP contribution in [0.4, 0.5) is 0 Å². The normalized spacial score (nSPS) is 39.2. The van der Waals surface area contributed by atoms with Gasteiger partial charge in [-0.25, -0.2) is 0 Å². The van der Waals surface area contributed by atoms with Gasteiger partial charge in [-0.2, -0.15) is 0 Å². The molecule has 2 atom stereocenters. The molecule has 2 fully saturated rings. The van der Waals surface area contributed by atoms with Crippen molar-refractivity contribution in [2.24, 2.45) is 5.92 Å². The summed E-state index contributed by atoms with van der Waals surface area (Å²) in [5.74, 6) is 0.407. The Labute approximate surface area is 92.8 Å². The first-order chi connectivity index (χ1) is 7.18. The smallest absolute Gasteiger partial charge is 0.0684 e. The van der Waals surface area contributed by atoms with Gasteiger partial charge >= 0.3 is 0 Å². The fourth-order valence-electron chi connectivity index (χ4n) is 2.76. The van der Waals surface area contributed by atoms with Gasteiger partial charge in [-0.15, -0.1) is 0 Å². The first kappa shape index (κ1) is 11.4. The van der Waals surface area contributed by atoms with E-state index >= 15 is 0 Å². The number of nitrogens with zero attached hydrogens (tertiary/aromatic N) is 1. The zero-order chi connectivity index (χ0) is 10.7. The molecular formula is C12H24N2O. The SMILES string of the molecule is CC1(O)CCNCC1CN1CCCCC1. The Morgan fingerprint density at radius 2 is 2.07 bits per heavy atom. The van der Waals surface area contributed by atoms with Crippen molar-refractivity contribution in [1.29, 1.82) is 0 Å². The van der Waals surface area contributed by atoms with E-state index in [1.165, 1.54) is 32.4 Å². The fraction of sp³-hybridized carbons (Fsp3) is 1.00. The van der Waals surface area contributed by atoms with E-state index in [-0.39, 0.29) is 0 Å². The largest absolute Gasteiger partial charge is 0.390 e. The van der Waals surface area contributed by atoms with Gasteiger partial charge < -0.3 is 15.3 Å². The van der Waals surface area contributed by atoms with Gasteiger partial charge in [-0.3, -0.25) is 0 Å². The number of hydrogen-bond donors (Lipinski definition) is 2. The van der Waals surface area contributed by atoms with Crippen LogP contribution in [0.25, 0.3) is 0 Å². The lowest BCUT2D eigenvalue weighted by atomic mass is 9.83. The Balaban J connectivity index is 1.85. The van der Waals surface area contributed by atoms with E-state index in [2.05, 4.69) is 10.2 Å². The molecule has 0 spiro atoms. The minimum atomic E-state index is -0.456. The van der Waals surface area contributed by atoms with Gasteiger partial charge in [0.2, 0.25) is 0 Å². The average molecular weight is 212 g/mol. The molecule has 15 heavy (non-hydrogen) atoms. The van der Waals surface area contributed by atoms with Crippen LogP contribution in [0.3, 0.4) is 0 Å². The summed E-state index contributed by atoms with van der Waals surface area (Å²) in [5, 5.41) is 13.7. The Hall–Kier alpha value is -0.120. The standard InChI is InChI=1S/C12H24N2O/c1-12(15)5-6-13-9-11(12)10-14-7-3-2-4-8-14/h11,13,15H,2-10H2,1H3. The van der Waals surface area contributed by atoms with E-state index in [4.69, 9.17) is 0 Å². The van der Waals surface area contributed by atoms with Crippen LogP contribution in [0.2, 0.25) is 0 Å². The zero-order valence-electron chi connectivity index (χ0n) is 9.84. The maximum Gasteiger partial charge on any atom is 0.0684 e. The molecule has 0 aromatic carbocycles. The number of rotatable bonds is 2. The summed E-state index contributed by atoms with van der Waals surface area (Å²) in [6, 6.07) is 0. The highest BCUT2D eigenvalue weighted by atomic mass is 16.3. The van der Waals surface area contributed by atoms with Crippen LogP contribution in [-0.4, -0.2) is 48.3 Å². The maximum absolute atomic E-state index is 10.3. The van der Waals surface area contributed by atoms with Crippen molar-refractivity contribution in [3.05, 3.63) is 0 Å². The Morgan fingerprint density at radius 1 is 1.33 bits per heavy atom. The van der Waals surface area contributed by atoms with Crippen LogP contribution in [0.15, 0.2) is 0 Å². The van der Waals surface area contributed by atoms with Gasteiger partial charge in [0.15, 0.2) is 0 Å². The third kappa shape index (κ3) is 2.92. The topological polar surface area (TPSA) is 35.5 Å². The second kappa shape index (κ2) is 4.81. The van der Waals surface area contributed by atoms with Crippen molar-refractivity contribution >= 4 is 0 Å². The van der Waals surface area contributed by atoms with Gasteiger partial charge in [-0.05, 0) is 45.8 Å². The molecule has 88 valence electrons. The van der Waals surface area contributed by atoms with E-state index in [0.717, 1.165) is 26.1 Å². The number of piperidine rings is 2. The lowest BCUT2D eigenvalue weighted by molar-refractivity contribution is -0.0380. The average Bonchev–Trinajstić information content (AvgIpc) is 2.23. The molecule has 3 heteroatoms. The second-order valence-corrected chi connectivity index (χ2v) is 5.37. The summed E-state index contributed by atoms with van der Waals surface area (Å²) in [4.78, 5) is 2.52. The lowest BCUT2D eigenvalue weighted by Crippen LogP contribution is -2.53. The maximum atomic E-state index is 10.3. The van der Waals surface area contributed by atoms with E-state index < -0.39 is 5.60 Å². The van der Waals surface area contributed by atoms with Crippen molar-refractivity contribution < 1.29 is 5.11 Å². The highest BCUT2D eigenvalue weighted by Crippen LogP contribution is 2.25. The molecule has 0 aliphatic carbocycles. The molecule has 2 aliphatic rings. The summed E-state index contributed by atoms with van der Waals surface area (Å²) in [5.41, 5.74) is -0.456. The second-order valence-electron chi connectivity index (χ2n) is 5.37. The predicted octanol–water partition coefficient (Wildman–Crippen LogP) is 0.833. The van der Waals surface area contributed by atoms with Crippen molar-refractivity contribution in [2.75, 3.05) is 32.7 Å².